The molecule has 0 saturated heterocycles. The van der Waals surface area contributed by atoms with Crippen LogP contribution in [0.3, 0.4) is 0 Å². The molecule has 110 valence electrons. The molecule has 0 aromatic carbocycles. The van der Waals surface area contributed by atoms with Crippen LogP contribution in [0, 0.1) is 0 Å². The van der Waals surface area contributed by atoms with Crippen molar-refractivity contribution in [3.8, 4) is 0 Å². The highest BCUT2D eigenvalue weighted by atomic mass is 28.4. The third-order valence-electron chi connectivity index (χ3n) is 4.01. The van der Waals surface area contributed by atoms with Gasteiger partial charge >= 0.3 is 6.09 Å². The Bertz CT molecular complexity index is 362. The Morgan fingerprint density at radius 2 is 2.00 bits per heavy atom. The molecule has 0 bridgehead atoms. The molecule has 1 rings (SSSR count). The van der Waals surface area contributed by atoms with Crippen molar-refractivity contribution >= 4 is 14.4 Å². The average Bonchev–Trinajstić information content (AvgIpc) is 2.25. The summed E-state index contributed by atoms with van der Waals surface area (Å²) < 4.78 is 6.05. The third-order valence-corrected chi connectivity index (χ3v) is 8.51. The zero-order valence-corrected chi connectivity index (χ0v) is 13.4. The molecule has 0 aromatic rings. The van der Waals surface area contributed by atoms with Crippen LogP contribution in [0.5, 0.6) is 0 Å². The topological polar surface area (TPSA) is 70.0 Å². The zero-order chi connectivity index (χ0) is 14.8. The fourth-order valence-corrected chi connectivity index (χ4v) is 2.65. The number of hydrogen-bond donors (Lipinski definition) is 2. The molecule has 0 unspecified atom stereocenters. The predicted molar refractivity (Wildman–Crippen MR) is 76.8 cm³/mol. The van der Waals surface area contributed by atoms with Gasteiger partial charge in [0.05, 0.1) is 25.3 Å². The Hall–Kier alpha value is -0.853. The number of carbonyl (C=O) groups is 1. The van der Waals surface area contributed by atoms with Gasteiger partial charge in [-0.15, -0.1) is 0 Å². The Morgan fingerprint density at radius 1 is 1.42 bits per heavy atom. The van der Waals surface area contributed by atoms with Gasteiger partial charge in [0.2, 0.25) is 0 Å². The summed E-state index contributed by atoms with van der Waals surface area (Å²) in [6, 6.07) is -0.310. The Kier molecular flexibility index (Phi) is 4.81. The summed E-state index contributed by atoms with van der Waals surface area (Å²) >= 11 is 0. The van der Waals surface area contributed by atoms with Crippen LogP contribution in [0.4, 0.5) is 4.79 Å². The predicted octanol–water partition coefficient (Wildman–Crippen LogP) is 2.29. The number of β-amino-alcohol motifs (C(OH)–C–C–N with tert-alkyl or cyclic N) is 1. The monoisotopic (exact) mass is 287 g/mol. The van der Waals surface area contributed by atoms with Gasteiger partial charge in [-0.25, -0.2) is 4.79 Å². The zero-order valence-electron chi connectivity index (χ0n) is 12.4. The Morgan fingerprint density at radius 3 is 2.47 bits per heavy atom. The largest absolute Gasteiger partial charge is 0.465 e. The highest BCUT2D eigenvalue weighted by Crippen LogP contribution is 2.36. The lowest BCUT2D eigenvalue weighted by atomic mass is 10.1. The van der Waals surface area contributed by atoms with Crippen molar-refractivity contribution in [3.63, 3.8) is 0 Å². The van der Waals surface area contributed by atoms with Crippen LogP contribution in [0.2, 0.25) is 18.1 Å². The van der Waals surface area contributed by atoms with E-state index in [-0.39, 0.29) is 17.6 Å². The SMILES string of the molecule is CC(C)(C)[Si](C)(C)OC[C@@H]1C=C[C@H](O)CN1C(=O)O. The average molecular weight is 287 g/mol. The van der Waals surface area contributed by atoms with Crippen LogP contribution in [-0.2, 0) is 4.43 Å². The second kappa shape index (κ2) is 5.64. The van der Waals surface area contributed by atoms with Gasteiger partial charge in [0.25, 0.3) is 0 Å². The Balaban J connectivity index is 2.70. The number of amides is 1. The quantitative estimate of drug-likeness (QED) is 0.617. The molecule has 1 aliphatic heterocycles. The summed E-state index contributed by atoms with van der Waals surface area (Å²) in [6.07, 6.45) is 1.61. The van der Waals surface area contributed by atoms with Crippen molar-refractivity contribution in [3.05, 3.63) is 12.2 Å². The number of hydrogen-bond acceptors (Lipinski definition) is 3. The van der Waals surface area contributed by atoms with Gasteiger partial charge in [0.15, 0.2) is 8.32 Å². The first kappa shape index (κ1) is 16.2. The van der Waals surface area contributed by atoms with E-state index in [1.165, 1.54) is 4.90 Å². The molecule has 0 fully saturated rings. The van der Waals surface area contributed by atoms with Crippen LogP contribution in [0.15, 0.2) is 12.2 Å². The van der Waals surface area contributed by atoms with E-state index in [0.717, 1.165) is 0 Å². The van der Waals surface area contributed by atoms with E-state index in [4.69, 9.17) is 9.53 Å². The van der Waals surface area contributed by atoms with Gasteiger partial charge in [-0.2, -0.15) is 0 Å². The molecule has 0 aromatic heterocycles. The van der Waals surface area contributed by atoms with Crippen LogP contribution in [-0.4, -0.2) is 54.8 Å². The molecule has 0 saturated carbocycles. The molecule has 0 aliphatic carbocycles. The molecule has 1 aliphatic rings. The maximum absolute atomic E-state index is 11.2. The lowest BCUT2D eigenvalue weighted by Gasteiger charge is -2.39. The summed E-state index contributed by atoms with van der Waals surface area (Å²) in [5.41, 5.74) is 0. The van der Waals surface area contributed by atoms with Crippen LogP contribution >= 0.6 is 0 Å². The van der Waals surface area contributed by atoms with E-state index < -0.39 is 20.5 Å². The van der Waals surface area contributed by atoms with Gasteiger partial charge in [-0.1, -0.05) is 32.9 Å². The highest BCUT2D eigenvalue weighted by Gasteiger charge is 2.38. The number of carboxylic acid groups (broad SMARTS) is 1. The van der Waals surface area contributed by atoms with E-state index in [9.17, 15) is 9.90 Å². The van der Waals surface area contributed by atoms with Crippen molar-refractivity contribution in [1.29, 1.82) is 0 Å². The number of aliphatic hydroxyl groups is 1. The fraction of sp³-hybridized carbons (Fsp3) is 0.769. The minimum Gasteiger partial charge on any atom is -0.465 e. The summed E-state index contributed by atoms with van der Waals surface area (Å²) in [5, 5.41) is 18.7. The number of nitrogens with zero attached hydrogens (tertiary/aromatic N) is 1. The van der Waals surface area contributed by atoms with Gasteiger partial charge < -0.3 is 14.6 Å². The summed E-state index contributed by atoms with van der Waals surface area (Å²) in [4.78, 5) is 12.4. The number of rotatable bonds is 3. The molecular formula is C13H25NO4Si. The highest BCUT2D eigenvalue weighted by molar-refractivity contribution is 6.74. The second-order valence-corrected chi connectivity index (χ2v) is 11.3. The van der Waals surface area contributed by atoms with Crippen molar-refractivity contribution in [2.75, 3.05) is 13.2 Å². The lowest BCUT2D eigenvalue weighted by Crippen LogP contribution is -2.50. The number of aliphatic hydroxyl groups excluding tert-OH is 1. The van der Waals surface area contributed by atoms with Gasteiger partial charge in [-0.3, -0.25) is 4.90 Å². The second-order valence-electron chi connectivity index (χ2n) is 6.53. The van der Waals surface area contributed by atoms with Crippen molar-refractivity contribution < 1.29 is 19.4 Å². The van der Waals surface area contributed by atoms with E-state index in [0.29, 0.717) is 6.61 Å². The molecule has 19 heavy (non-hydrogen) atoms. The first-order chi connectivity index (χ1) is 8.54. The molecule has 1 heterocycles. The van der Waals surface area contributed by atoms with Crippen LogP contribution in [0.1, 0.15) is 20.8 Å². The summed E-state index contributed by atoms with van der Waals surface area (Å²) in [6.45, 7) is 11.2. The normalized spacial score (nSPS) is 24.6. The van der Waals surface area contributed by atoms with E-state index in [2.05, 4.69) is 33.9 Å². The van der Waals surface area contributed by atoms with E-state index in [1.807, 2.05) is 0 Å². The van der Waals surface area contributed by atoms with E-state index in [1.54, 1.807) is 12.2 Å². The molecule has 2 N–H and O–H groups in total. The first-order valence-electron chi connectivity index (χ1n) is 6.54. The van der Waals surface area contributed by atoms with Crippen molar-refractivity contribution in [2.45, 2.75) is 51.0 Å². The maximum atomic E-state index is 11.2. The smallest absolute Gasteiger partial charge is 0.407 e. The molecule has 1 amide bonds. The van der Waals surface area contributed by atoms with Crippen LogP contribution in [0.25, 0.3) is 0 Å². The molecule has 2 atom stereocenters. The van der Waals surface area contributed by atoms with Gasteiger partial charge in [-0.05, 0) is 18.1 Å². The standard InChI is InChI=1S/C13H25NO4Si/c1-13(2,3)19(4,5)18-9-10-6-7-11(15)8-14(10)12(16)17/h6-7,10-11,15H,8-9H2,1-5H3,(H,16,17)/t10-,11-/m0/s1. The van der Waals surface area contributed by atoms with Crippen LogP contribution < -0.4 is 0 Å². The van der Waals surface area contributed by atoms with Crippen molar-refractivity contribution in [2.24, 2.45) is 0 Å². The maximum Gasteiger partial charge on any atom is 0.407 e. The summed E-state index contributed by atoms with van der Waals surface area (Å²) in [5.74, 6) is 0. The van der Waals surface area contributed by atoms with Crippen molar-refractivity contribution in [1.82, 2.24) is 4.90 Å². The third kappa shape index (κ3) is 4.06. The minimum atomic E-state index is -1.89. The van der Waals surface area contributed by atoms with E-state index >= 15 is 0 Å². The summed E-state index contributed by atoms with van der Waals surface area (Å²) in [7, 11) is -1.89. The first-order valence-corrected chi connectivity index (χ1v) is 9.45. The minimum absolute atomic E-state index is 0.0962. The molecular weight excluding hydrogens is 262 g/mol. The van der Waals surface area contributed by atoms with Gasteiger partial charge in [0.1, 0.15) is 0 Å². The molecule has 5 nitrogen and oxygen atoms in total. The molecule has 0 radical (unpaired) electrons. The lowest BCUT2D eigenvalue weighted by molar-refractivity contribution is 0.0780. The molecule has 0 spiro atoms. The Labute approximate surface area is 116 Å². The fourth-order valence-electron chi connectivity index (χ4n) is 1.63. The van der Waals surface area contributed by atoms with Gasteiger partial charge in [0, 0.05) is 0 Å². The molecule has 6 heteroatoms.